The molecule has 22 heavy (non-hydrogen) atoms. The minimum Gasteiger partial charge on any atom is -0.280 e. The number of benzene rings is 2. The normalized spacial score (nSPS) is 10.6. The number of nitrogens with zero attached hydrogens (tertiary/aromatic N) is 3. The zero-order chi connectivity index (χ0) is 15.5. The van der Waals surface area contributed by atoms with Gasteiger partial charge in [0.2, 0.25) is 5.12 Å². The number of hydrogen-bond acceptors (Lipinski definition) is 4. The van der Waals surface area contributed by atoms with Crippen molar-refractivity contribution in [3.63, 3.8) is 0 Å². The number of rotatable bonds is 3. The molecule has 3 aromatic rings. The van der Waals surface area contributed by atoms with E-state index in [1.807, 2.05) is 61.5 Å². The van der Waals surface area contributed by atoms with Crippen LogP contribution in [0.25, 0.3) is 16.9 Å². The summed E-state index contributed by atoms with van der Waals surface area (Å²) in [4.78, 5) is 13.7. The molecule has 0 amide bonds. The van der Waals surface area contributed by atoms with E-state index in [4.69, 9.17) is 0 Å². The number of aromatic nitrogens is 3. The monoisotopic (exact) mass is 309 g/mol. The van der Waals surface area contributed by atoms with Crippen molar-refractivity contribution in [1.29, 1.82) is 0 Å². The SMILES string of the molecule is CSC(=O)c1nn(-c2ccc(C)cc2)nc1-c1ccccc1. The molecule has 0 saturated heterocycles. The zero-order valence-corrected chi connectivity index (χ0v) is 13.2. The molecule has 0 radical (unpaired) electrons. The van der Waals surface area contributed by atoms with Gasteiger partial charge in [0.1, 0.15) is 5.69 Å². The van der Waals surface area contributed by atoms with Crippen LogP contribution in [-0.2, 0) is 0 Å². The van der Waals surface area contributed by atoms with Gasteiger partial charge in [-0.1, -0.05) is 59.8 Å². The Balaban J connectivity index is 2.13. The third-order valence-electron chi connectivity index (χ3n) is 3.30. The summed E-state index contributed by atoms with van der Waals surface area (Å²) in [5, 5.41) is 8.83. The highest BCUT2D eigenvalue weighted by molar-refractivity contribution is 8.13. The van der Waals surface area contributed by atoms with Crippen LogP contribution in [0.5, 0.6) is 0 Å². The van der Waals surface area contributed by atoms with E-state index in [-0.39, 0.29) is 5.12 Å². The fourth-order valence-electron chi connectivity index (χ4n) is 2.12. The predicted octanol–water partition coefficient (Wildman–Crippen LogP) is 3.75. The molecule has 3 rings (SSSR count). The number of aryl methyl sites for hydroxylation is 1. The number of carbonyl (C=O) groups excluding carboxylic acids is 1. The average Bonchev–Trinajstić information content (AvgIpc) is 3.01. The first-order valence-electron chi connectivity index (χ1n) is 6.87. The lowest BCUT2D eigenvalue weighted by Crippen LogP contribution is -2.00. The molecule has 0 aliphatic carbocycles. The fourth-order valence-corrected chi connectivity index (χ4v) is 2.46. The van der Waals surface area contributed by atoms with Crippen molar-refractivity contribution in [3.05, 3.63) is 65.9 Å². The Morgan fingerprint density at radius 1 is 1.00 bits per heavy atom. The Bertz CT molecular complexity index is 795. The Kier molecular flexibility index (Phi) is 4.06. The van der Waals surface area contributed by atoms with Gasteiger partial charge in [0.25, 0.3) is 0 Å². The molecule has 0 saturated carbocycles. The van der Waals surface area contributed by atoms with Gasteiger partial charge in [0, 0.05) is 5.56 Å². The second kappa shape index (κ2) is 6.15. The number of hydrogen-bond donors (Lipinski definition) is 0. The van der Waals surface area contributed by atoms with Crippen LogP contribution in [0.1, 0.15) is 16.1 Å². The lowest BCUT2D eigenvalue weighted by Gasteiger charge is -1.99. The van der Waals surface area contributed by atoms with Crippen LogP contribution in [0.15, 0.2) is 54.6 Å². The van der Waals surface area contributed by atoms with Gasteiger partial charge >= 0.3 is 0 Å². The maximum absolute atomic E-state index is 12.2. The molecule has 0 atom stereocenters. The molecule has 0 unspecified atom stereocenters. The Labute approximate surface area is 133 Å². The van der Waals surface area contributed by atoms with Gasteiger partial charge < -0.3 is 0 Å². The second-order valence-electron chi connectivity index (χ2n) is 4.88. The topological polar surface area (TPSA) is 47.8 Å². The summed E-state index contributed by atoms with van der Waals surface area (Å²) >= 11 is 1.14. The van der Waals surface area contributed by atoms with Crippen molar-refractivity contribution in [2.45, 2.75) is 6.92 Å². The first kappa shape index (κ1) is 14.5. The minimum absolute atomic E-state index is 0.0859. The highest BCUT2D eigenvalue weighted by Crippen LogP contribution is 2.24. The molecule has 1 aromatic heterocycles. The molecule has 0 aliphatic rings. The van der Waals surface area contributed by atoms with E-state index in [0.717, 1.165) is 23.0 Å². The van der Waals surface area contributed by atoms with Crippen LogP contribution in [0.3, 0.4) is 0 Å². The number of thioether (sulfide) groups is 1. The maximum atomic E-state index is 12.2. The van der Waals surface area contributed by atoms with E-state index in [1.54, 1.807) is 6.26 Å². The molecule has 0 N–H and O–H groups in total. The van der Waals surface area contributed by atoms with Gasteiger partial charge in [-0.2, -0.15) is 4.80 Å². The zero-order valence-electron chi connectivity index (χ0n) is 12.4. The smallest absolute Gasteiger partial charge is 0.241 e. The van der Waals surface area contributed by atoms with Crippen LogP contribution in [0.2, 0.25) is 0 Å². The van der Waals surface area contributed by atoms with Gasteiger partial charge in [0.05, 0.1) is 5.69 Å². The van der Waals surface area contributed by atoms with Crippen molar-refractivity contribution in [3.8, 4) is 16.9 Å². The largest absolute Gasteiger partial charge is 0.280 e. The average molecular weight is 309 g/mol. The van der Waals surface area contributed by atoms with Crippen LogP contribution in [0, 0.1) is 6.92 Å². The quantitative estimate of drug-likeness (QED) is 0.739. The first-order chi connectivity index (χ1) is 10.7. The van der Waals surface area contributed by atoms with E-state index in [1.165, 1.54) is 10.4 Å². The Morgan fingerprint density at radius 3 is 2.32 bits per heavy atom. The molecular formula is C17H15N3OS. The standard InChI is InChI=1S/C17H15N3OS/c1-12-8-10-14(11-9-12)20-18-15(13-6-4-3-5-7-13)16(19-20)17(21)22-2/h3-11H,1-2H3. The minimum atomic E-state index is -0.0859. The third-order valence-corrected chi connectivity index (χ3v) is 3.87. The Morgan fingerprint density at radius 2 is 1.68 bits per heavy atom. The van der Waals surface area contributed by atoms with Gasteiger partial charge in [0.15, 0.2) is 5.69 Å². The van der Waals surface area contributed by atoms with Gasteiger partial charge in [-0.15, -0.1) is 10.2 Å². The second-order valence-corrected chi connectivity index (χ2v) is 5.66. The lowest BCUT2D eigenvalue weighted by molar-refractivity contribution is 0.108. The lowest BCUT2D eigenvalue weighted by atomic mass is 10.1. The summed E-state index contributed by atoms with van der Waals surface area (Å²) in [7, 11) is 0. The van der Waals surface area contributed by atoms with Gasteiger partial charge in [-0.25, -0.2) is 0 Å². The highest BCUT2D eigenvalue weighted by atomic mass is 32.2. The summed E-state index contributed by atoms with van der Waals surface area (Å²) < 4.78 is 0. The summed E-state index contributed by atoms with van der Waals surface area (Å²) in [5.41, 5.74) is 3.89. The predicted molar refractivity (Wildman–Crippen MR) is 89.4 cm³/mol. The molecule has 110 valence electrons. The van der Waals surface area contributed by atoms with Crippen molar-refractivity contribution >= 4 is 16.9 Å². The molecule has 5 heteroatoms. The molecule has 1 heterocycles. The third kappa shape index (κ3) is 2.80. The van der Waals surface area contributed by atoms with Crippen LogP contribution < -0.4 is 0 Å². The first-order valence-corrected chi connectivity index (χ1v) is 8.09. The van der Waals surface area contributed by atoms with Crippen LogP contribution >= 0.6 is 11.8 Å². The molecule has 0 spiro atoms. The van der Waals surface area contributed by atoms with E-state index in [2.05, 4.69) is 10.2 Å². The molecule has 0 fully saturated rings. The van der Waals surface area contributed by atoms with E-state index < -0.39 is 0 Å². The molecule has 4 nitrogen and oxygen atoms in total. The molecule has 0 bridgehead atoms. The summed E-state index contributed by atoms with van der Waals surface area (Å²) in [6, 6.07) is 17.5. The summed E-state index contributed by atoms with van der Waals surface area (Å²) in [6.45, 7) is 2.03. The number of carbonyl (C=O) groups is 1. The highest BCUT2D eigenvalue weighted by Gasteiger charge is 2.19. The van der Waals surface area contributed by atoms with Crippen molar-refractivity contribution < 1.29 is 4.79 Å². The molecular weight excluding hydrogens is 294 g/mol. The van der Waals surface area contributed by atoms with Gasteiger partial charge in [-0.3, -0.25) is 4.79 Å². The van der Waals surface area contributed by atoms with Gasteiger partial charge in [-0.05, 0) is 25.3 Å². The van der Waals surface area contributed by atoms with Crippen molar-refractivity contribution in [1.82, 2.24) is 15.0 Å². The fraction of sp³-hybridized carbons (Fsp3) is 0.118. The molecule has 0 aliphatic heterocycles. The summed E-state index contributed by atoms with van der Waals surface area (Å²) in [6.07, 6.45) is 1.75. The van der Waals surface area contributed by atoms with Crippen LogP contribution in [0.4, 0.5) is 0 Å². The van der Waals surface area contributed by atoms with Crippen molar-refractivity contribution in [2.24, 2.45) is 0 Å². The van der Waals surface area contributed by atoms with Crippen molar-refractivity contribution in [2.75, 3.05) is 6.26 Å². The van der Waals surface area contributed by atoms with E-state index in [9.17, 15) is 4.79 Å². The Hall–Kier alpha value is -2.40. The molecule has 2 aromatic carbocycles. The maximum Gasteiger partial charge on any atom is 0.241 e. The van der Waals surface area contributed by atoms with E-state index in [0.29, 0.717) is 11.4 Å². The van der Waals surface area contributed by atoms with Crippen LogP contribution in [-0.4, -0.2) is 26.4 Å². The summed E-state index contributed by atoms with van der Waals surface area (Å²) in [5.74, 6) is 0. The van der Waals surface area contributed by atoms with E-state index >= 15 is 0 Å².